The average Bonchev–Trinajstić information content (AvgIpc) is 2.70. The van der Waals surface area contributed by atoms with Crippen LogP contribution >= 0.6 is 23.2 Å². The van der Waals surface area contributed by atoms with Crippen LogP contribution in [0.15, 0.2) is 42.5 Å². The summed E-state index contributed by atoms with van der Waals surface area (Å²) in [7, 11) is 0. The van der Waals surface area contributed by atoms with Gasteiger partial charge in [0, 0.05) is 5.41 Å². The van der Waals surface area contributed by atoms with Gasteiger partial charge >= 0.3 is 0 Å². The molecule has 0 saturated carbocycles. The van der Waals surface area contributed by atoms with Gasteiger partial charge in [0.05, 0.1) is 17.5 Å². The highest BCUT2D eigenvalue weighted by molar-refractivity contribution is 6.32. The molecule has 154 valence electrons. The van der Waals surface area contributed by atoms with Crippen molar-refractivity contribution in [3.63, 3.8) is 0 Å². The third-order valence-corrected chi connectivity index (χ3v) is 5.14. The SMILES string of the molecule is CC(C)(c1ccc(OCC(O)CO)cc1)c1ccc(OCC(O)CCl)c(Cl)c1. The van der Waals surface area contributed by atoms with E-state index in [1.54, 1.807) is 6.07 Å². The minimum atomic E-state index is -0.899. The van der Waals surface area contributed by atoms with Gasteiger partial charge in [-0.1, -0.05) is 43.6 Å². The van der Waals surface area contributed by atoms with Crippen molar-refractivity contribution in [2.45, 2.75) is 31.5 Å². The van der Waals surface area contributed by atoms with Gasteiger partial charge in [0.1, 0.15) is 36.9 Å². The molecule has 3 N–H and O–H groups in total. The van der Waals surface area contributed by atoms with Crippen LogP contribution < -0.4 is 9.47 Å². The molecule has 2 atom stereocenters. The number of rotatable bonds is 10. The van der Waals surface area contributed by atoms with E-state index in [1.165, 1.54) is 0 Å². The van der Waals surface area contributed by atoms with Gasteiger partial charge in [-0.25, -0.2) is 0 Å². The normalized spacial score (nSPS) is 13.8. The Morgan fingerprint density at radius 1 is 0.929 bits per heavy atom. The standard InChI is InChI=1S/C21H26Cl2O5/c1-21(2,14-3-6-18(7-4-14)27-13-17(26)11-24)15-5-8-20(19(23)9-15)28-12-16(25)10-22/h3-9,16-17,24-26H,10-13H2,1-2H3. The summed E-state index contributed by atoms with van der Waals surface area (Å²) < 4.78 is 11.0. The van der Waals surface area contributed by atoms with E-state index in [-0.39, 0.29) is 31.1 Å². The molecular weight excluding hydrogens is 403 g/mol. The number of alkyl halides is 1. The zero-order valence-electron chi connectivity index (χ0n) is 15.9. The Morgan fingerprint density at radius 3 is 2.11 bits per heavy atom. The fourth-order valence-corrected chi connectivity index (χ4v) is 2.94. The number of aliphatic hydroxyl groups is 3. The monoisotopic (exact) mass is 428 g/mol. The molecule has 0 radical (unpaired) electrons. The number of halogens is 2. The van der Waals surface area contributed by atoms with Crippen molar-refractivity contribution in [3.8, 4) is 11.5 Å². The Hall–Kier alpha value is -1.50. The first-order chi connectivity index (χ1) is 13.3. The molecule has 0 spiro atoms. The second-order valence-corrected chi connectivity index (χ2v) is 7.78. The minimum absolute atomic E-state index is 0.0364. The van der Waals surface area contributed by atoms with Crippen LogP contribution in [0.25, 0.3) is 0 Å². The van der Waals surface area contributed by atoms with Crippen LogP contribution in [-0.2, 0) is 5.41 Å². The van der Waals surface area contributed by atoms with Crippen molar-refractivity contribution >= 4 is 23.2 Å². The van der Waals surface area contributed by atoms with Crippen LogP contribution in [0.5, 0.6) is 11.5 Å². The molecule has 0 heterocycles. The fraction of sp³-hybridized carbons (Fsp3) is 0.429. The lowest BCUT2D eigenvalue weighted by Gasteiger charge is -2.27. The fourth-order valence-electron chi connectivity index (χ4n) is 2.62. The summed E-state index contributed by atoms with van der Waals surface area (Å²) in [4.78, 5) is 0. The lowest BCUT2D eigenvalue weighted by Crippen LogP contribution is -2.21. The number of aliphatic hydroxyl groups excluding tert-OH is 3. The molecular formula is C21H26Cl2O5. The lowest BCUT2D eigenvalue weighted by atomic mass is 9.78. The number of hydrogen-bond donors (Lipinski definition) is 3. The molecule has 2 aromatic carbocycles. The van der Waals surface area contributed by atoms with Crippen molar-refractivity contribution in [2.75, 3.05) is 25.7 Å². The van der Waals surface area contributed by atoms with E-state index < -0.39 is 12.2 Å². The molecule has 2 aromatic rings. The van der Waals surface area contributed by atoms with Gasteiger partial charge in [-0.3, -0.25) is 0 Å². The summed E-state index contributed by atoms with van der Waals surface area (Å²) in [5.74, 6) is 1.21. The van der Waals surface area contributed by atoms with E-state index >= 15 is 0 Å². The van der Waals surface area contributed by atoms with Crippen molar-refractivity contribution < 1.29 is 24.8 Å². The van der Waals surface area contributed by atoms with Crippen LogP contribution in [0.1, 0.15) is 25.0 Å². The highest BCUT2D eigenvalue weighted by Gasteiger charge is 2.24. The van der Waals surface area contributed by atoms with Crippen LogP contribution in [0.2, 0.25) is 5.02 Å². The van der Waals surface area contributed by atoms with Gasteiger partial charge in [-0.05, 0) is 35.4 Å². The Morgan fingerprint density at radius 2 is 1.54 bits per heavy atom. The molecule has 0 saturated heterocycles. The van der Waals surface area contributed by atoms with E-state index in [9.17, 15) is 10.2 Å². The summed E-state index contributed by atoms with van der Waals surface area (Å²) >= 11 is 11.9. The molecule has 2 unspecified atom stereocenters. The highest BCUT2D eigenvalue weighted by Crippen LogP contribution is 2.36. The highest BCUT2D eigenvalue weighted by atomic mass is 35.5. The third-order valence-electron chi connectivity index (χ3n) is 4.49. The molecule has 0 bridgehead atoms. The predicted octanol–water partition coefficient (Wildman–Crippen LogP) is 3.38. The van der Waals surface area contributed by atoms with Crippen molar-refractivity contribution in [1.29, 1.82) is 0 Å². The molecule has 7 heteroatoms. The summed E-state index contributed by atoms with van der Waals surface area (Å²) in [5.41, 5.74) is 1.75. The zero-order chi connectivity index (χ0) is 20.7. The van der Waals surface area contributed by atoms with Gasteiger partial charge in [-0.2, -0.15) is 0 Å². The summed E-state index contributed by atoms with van der Waals surface area (Å²) in [6.07, 6.45) is -1.64. The van der Waals surface area contributed by atoms with Crippen molar-refractivity contribution in [3.05, 3.63) is 58.6 Å². The molecule has 0 aliphatic carbocycles. The molecule has 0 aliphatic heterocycles. The van der Waals surface area contributed by atoms with Crippen molar-refractivity contribution in [1.82, 2.24) is 0 Å². The van der Waals surface area contributed by atoms with E-state index in [2.05, 4.69) is 13.8 Å². The minimum Gasteiger partial charge on any atom is -0.491 e. The number of ether oxygens (including phenoxy) is 2. The maximum atomic E-state index is 9.51. The first-order valence-electron chi connectivity index (χ1n) is 8.97. The van der Waals surface area contributed by atoms with Gasteiger partial charge < -0.3 is 24.8 Å². The Bertz CT molecular complexity index is 749. The van der Waals surface area contributed by atoms with Gasteiger partial charge in [0.15, 0.2) is 0 Å². The first kappa shape index (κ1) is 22.8. The maximum absolute atomic E-state index is 9.51. The Balaban J connectivity index is 2.11. The summed E-state index contributed by atoms with van der Waals surface area (Å²) in [6.45, 7) is 3.95. The third kappa shape index (κ3) is 6.00. The van der Waals surface area contributed by atoms with Gasteiger partial charge in [0.25, 0.3) is 0 Å². The molecule has 2 rings (SSSR count). The molecule has 28 heavy (non-hydrogen) atoms. The summed E-state index contributed by atoms with van der Waals surface area (Å²) in [5, 5.41) is 28.2. The largest absolute Gasteiger partial charge is 0.491 e. The second kappa shape index (κ2) is 10.3. The van der Waals surface area contributed by atoms with E-state index in [0.717, 1.165) is 11.1 Å². The van der Waals surface area contributed by atoms with Crippen molar-refractivity contribution in [2.24, 2.45) is 0 Å². The smallest absolute Gasteiger partial charge is 0.138 e. The topological polar surface area (TPSA) is 79.2 Å². The van der Waals surface area contributed by atoms with Crippen LogP contribution in [0, 0.1) is 0 Å². The van der Waals surface area contributed by atoms with E-state index in [1.807, 2.05) is 36.4 Å². The van der Waals surface area contributed by atoms with Crippen LogP contribution in [0.4, 0.5) is 0 Å². The van der Waals surface area contributed by atoms with E-state index in [0.29, 0.717) is 16.5 Å². The average molecular weight is 429 g/mol. The predicted molar refractivity (Wildman–Crippen MR) is 111 cm³/mol. The molecule has 0 amide bonds. The van der Waals surface area contributed by atoms with Crippen LogP contribution in [-0.4, -0.2) is 53.2 Å². The zero-order valence-corrected chi connectivity index (χ0v) is 17.5. The van der Waals surface area contributed by atoms with Gasteiger partial charge in [0.2, 0.25) is 0 Å². The van der Waals surface area contributed by atoms with Crippen LogP contribution in [0.3, 0.4) is 0 Å². The molecule has 0 aromatic heterocycles. The summed E-state index contributed by atoms with van der Waals surface area (Å²) in [6, 6.07) is 13.1. The molecule has 0 aliphatic rings. The quantitative estimate of drug-likeness (QED) is 0.505. The number of benzene rings is 2. The van der Waals surface area contributed by atoms with Gasteiger partial charge in [-0.15, -0.1) is 11.6 Å². The first-order valence-corrected chi connectivity index (χ1v) is 9.88. The Labute approximate surface area is 175 Å². The molecule has 5 nitrogen and oxygen atoms in total. The Kier molecular flexibility index (Phi) is 8.40. The van der Waals surface area contributed by atoms with E-state index in [4.69, 9.17) is 37.8 Å². The lowest BCUT2D eigenvalue weighted by molar-refractivity contribution is 0.0536. The number of hydrogen-bond acceptors (Lipinski definition) is 5. The second-order valence-electron chi connectivity index (χ2n) is 7.06. The maximum Gasteiger partial charge on any atom is 0.138 e. The molecule has 0 fully saturated rings.